The van der Waals surface area contributed by atoms with E-state index >= 15 is 0 Å². The molecule has 1 aromatic heterocycles. The fraction of sp³-hybridized carbons (Fsp3) is 0.333. The van der Waals surface area contributed by atoms with Gasteiger partial charge in [-0.3, -0.25) is 0 Å². The average Bonchev–Trinajstić information content (AvgIpc) is 2.88. The molecule has 0 radical (unpaired) electrons. The molecule has 20 heavy (non-hydrogen) atoms. The number of benzene rings is 1. The van der Waals surface area contributed by atoms with Gasteiger partial charge in [0, 0.05) is 13.0 Å². The number of hydrogen-bond donors (Lipinski definition) is 1. The molecule has 4 nitrogen and oxygen atoms in total. The predicted octanol–water partition coefficient (Wildman–Crippen LogP) is 3.05. The number of ether oxygens (including phenoxy) is 1. The Bertz CT molecular complexity index is 645. The van der Waals surface area contributed by atoms with Crippen molar-refractivity contribution in [3.05, 3.63) is 51.4 Å². The van der Waals surface area contributed by atoms with Gasteiger partial charge < -0.3 is 10.5 Å². The highest BCUT2D eigenvalue weighted by Crippen LogP contribution is 2.37. The summed E-state index contributed by atoms with van der Waals surface area (Å²) in [6.45, 7) is 0.425. The Hall–Kier alpha value is -1.46. The molecule has 0 bridgehead atoms. The van der Waals surface area contributed by atoms with Crippen LogP contribution >= 0.6 is 15.9 Å². The van der Waals surface area contributed by atoms with E-state index in [9.17, 15) is 0 Å². The van der Waals surface area contributed by atoms with Crippen LogP contribution in [0.15, 0.2) is 28.7 Å². The molecule has 1 heterocycles. The first-order valence-electron chi connectivity index (χ1n) is 6.59. The molecule has 0 aliphatic heterocycles. The zero-order valence-corrected chi connectivity index (χ0v) is 12.9. The van der Waals surface area contributed by atoms with Gasteiger partial charge in [0.25, 0.3) is 0 Å². The van der Waals surface area contributed by atoms with E-state index in [0.29, 0.717) is 12.4 Å². The summed E-state index contributed by atoms with van der Waals surface area (Å²) >= 11 is 3.43. The van der Waals surface area contributed by atoms with E-state index in [1.165, 1.54) is 11.1 Å². The molecule has 1 aliphatic rings. The monoisotopic (exact) mass is 333 g/mol. The van der Waals surface area contributed by atoms with E-state index in [2.05, 4.69) is 50.2 Å². The van der Waals surface area contributed by atoms with Crippen LogP contribution in [-0.2, 0) is 17.8 Å². The van der Waals surface area contributed by atoms with E-state index in [1.54, 1.807) is 7.11 Å². The molecule has 1 unspecified atom stereocenters. The summed E-state index contributed by atoms with van der Waals surface area (Å²) in [4.78, 5) is 9.10. The summed E-state index contributed by atoms with van der Waals surface area (Å²) in [6.07, 6.45) is 2.10. The minimum absolute atomic E-state index is 0.234. The second-order valence-electron chi connectivity index (χ2n) is 4.95. The Morgan fingerprint density at radius 3 is 2.95 bits per heavy atom. The van der Waals surface area contributed by atoms with Crippen LogP contribution in [0.25, 0.3) is 0 Å². The topological polar surface area (TPSA) is 61.0 Å². The zero-order valence-electron chi connectivity index (χ0n) is 11.3. The number of anilines is 1. The maximum Gasteiger partial charge on any atom is 0.141 e. The van der Waals surface area contributed by atoms with Crippen molar-refractivity contribution >= 4 is 21.7 Å². The van der Waals surface area contributed by atoms with Crippen LogP contribution in [0, 0.1) is 0 Å². The number of aromatic nitrogens is 2. The van der Waals surface area contributed by atoms with E-state index in [1.807, 2.05) is 0 Å². The zero-order chi connectivity index (χ0) is 14.1. The first kappa shape index (κ1) is 13.5. The fourth-order valence-corrected chi connectivity index (χ4v) is 3.04. The quantitative estimate of drug-likeness (QED) is 0.937. The maximum atomic E-state index is 5.99. The second kappa shape index (κ2) is 5.50. The molecule has 0 spiro atoms. The average molecular weight is 334 g/mol. The van der Waals surface area contributed by atoms with Gasteiger partial charge in [0.15, 0.2) is 0 Å². The highest BCUT2D eigenvalue weighted by molar-refractivity contribution is 9.10. The third kappa shape index (κ3) is 2.31. The van der Waals surface area contributed by atoms with Crippen molar-refractivity contribution in [2.24, 2.45) is 0 Å². The van der Waals surface area contributed by atoms with E-state index in [-0.39, 0.29) is 5.92 Å². The van der Waals surface area contributed by atoms with Crippen molar-refractivity contribution in [2.75, 3.05) is 12.8 Å². The molecule has 1 atom stereocenters. The number of nitrogens with zero attached hydrogens (tertiary/aromatic N) is 2. The SMILES string of the molecule is COCc1nc(C2CCc3ccccc32)nc(N)c1Br. The normalized spacial score (nSPS) is 17.2. The molecule has 2 N–H and O–H groups in total. The smallest absolute Gasteiger partial charge is 0.141 e. The number of methoxy groups -OCH3 is 1. The summed E-state index contributed by atoms with van der Waals surface area (Å²) in [5.74, 6) is 1.51. The molecule has 0 fully saturated rings. The van der Waals surface area contributed by atoms with Crippen molar-refractivity contribution in [3.63, 3.8) is 0 Å². The molecule has 0 saturated heterocycles. The van der Waals surface area contributed by atoms with Gasteiger partial charge in [-0.1, -0.05) is 24.3 Å². The van der Waals surface area contributed by atoms with Crippen molar-refractivity contribution in [1.29, 1.82) is 0 Å². The molecule has 0 amide bonds. The molecule has 0 saturated carbocycles. The van der Waals surface area contributed by atoms with Gasteiger partial charge in [0.1, 0.15) is 11.6 Å². The predicted molar refractivity (Wildman–Crippen MR) is 81.5 cm³/mol. The summed E-state index contributed by atoms with van der Waals surface area (Å²) in [5.41, 5.74) is 9.49. The minimum atomic E-state index is 0.234. The molecule has 1 aliphatic carbocycles. The molecule has 2 aromatic rings. The molecule has 1 aromatic carbocycles. The highest BCUT2D eigenvalue weighted by Gasteiger charge is 2.27. The first-order valence-corrected chi connectivity index (χ1v) is 7.38. The van der Waals surface area contributed by atoms with Crippen molar-refractivity contribution in [2.45, 2.75) is 25.4 Å². The van der Waals surface area contributed by atoms with Crippen LogP contribution in [0.5, 0.6) is 0 Å². The lowest BCUT2D eigenvalue weighted by molar-refractivity contribution is 0.180. The van der Waals surface area contributed by atoms with E-state index < -0.39 is 0 Å². The summed E-state index contributed by atoms with van der Waals surface area (Å²) < 4.78 is 5.91. The third-order valence-electron chi connectivity index (χ3n) is 3.69. The Kier molecular flexibility index (Phi) is 3.72. The minimum Gasteiger partial charge on any atom is -0.383 e. The lowest BCUT2D eigenvalue weighted by Gasteiger charge is -2.14. The molecule has 5 heteroatoms. The van der Waals surface area contributed by atoms with Gasteiger partial charge in [-0.05, 0) is 39.9 Å². The van der Waals surface area contributed by atoms with Crippen LogP contribution in [0.2, 0.25) is 0 Å². The van der Waals surface area contributed by atoms with Crippen LogP contribution < -0.4 is 5.73 Å². The van der Waals surface area contributed by atoms with Crippen molar-refractivity contribution < 1.29 is 4.74 Å². The van der Waals surface area contributed by atoms with Gasteiger partial charge in [-0.25, -0.2) is 9.97 Å². The van der Waals surface area contributed by atoms with Crippen molar-refractivity contribution in [1.82, 2.24) is 9.97 Å². The Morgan fingerprint density at radius 2 is 2.15 bits per heavy atom. The number of hydrogen-bond acceptors (Lipinski definition) is 4. The Balaban J connectivity index is 2.03. The van der Waals surface area contributed by atoms with Gasteiger partial charge in [0.2, 0.25) is 0 Å². The van der Waals surface area contributed by atoms with Gasteiger partial charge >= 0.3 is 0 Å². The highest BCUT2D eigenvalue weighted by atomic mass is 79.9. The van der Waals surface area contributed by atoms with Crippen LogP contribution in [0.4, 0.5) is 5.82 Å². The van der Waals surface area contributed by atoms with Crippen LogP contribution in [-0.4, -0.2) is 17.1 Å². The Labute approximate surface area is 126 Å². The molecule has 3 rings (SSSR count). The summed E-state index contributed by atoms with van der Waals surface area (Å²) in [6, 6.07) is 8.47. The lowest BCUT2D eigenvalue weighted by atomic mass is 10.0. The van der Waals surface area contributed by atoms with Crippen molar-refractivity contribution in [3.8, 4) is 0 Å². The van der Waals surface area contributed by atoms with Crippen LogP contribution in [0.1, 0.15) is 35.0 Å². The van der Waals surface area contributed by atoms with E-state index in [0.717, 1.165) is 28.8 Å². The summed E-state index contributed by atoms with van der Waals surface area (Å²) in [5, 5.41) is 0. The molecule has 104 valence electrons. The number of nitrogens with two attached hydrogens (primary N) is 1. The second-order valence-corrected chi connectivity index (χ2v) is 5.74. The van der Waals surface area contributed by atoms with Gasteiger partial charge in [-0.2, -0.15) is 0 Å². The third-order valence-corrected chi connectivity index (χ3v) is 4.55. The number of aryl methyl sites for hydroxylation is 1. The lowest BCUT2D eigenvalue weighted by Crippen LogP contribution is -2.10. The molecular formula is C15H16BrN3O. The maximum absolute atomic E-state index is 5.99. The fourth-order valence-electron chi connectivity index (χ4n) is 2.75. The standard InChI is InChI=1S/C15H16BrN3O/c1-20-8-12-13(16)14(17)19-15(18-12)11-7-6-9-4-2-3-5-10(9)11/h2-5,11H,6-8H2,1H3,(H2,17,18,19). The number of nitrogen functional groups attached to an aromatic ring is 1. The number of rotatable bonds is 3. The van der Waals surface area contributed by atoms with Crippen LogP contribution in [0.3, 0.4) is 0 Å². The van der Waals surface area contributed by atoms with Gasteiger partial charge in [0.05, 0.1) is 16.8 Å². The largest absolute Gasteiger partial charge is 0.383 e. The van der Waals surface area contributed by atoms with Gasteiger partial charge in [-0.15, -0.1) is 0 Å². The Morgan fingerprint density at radius 1 is 1.35 bits per heavy atom. The number of fused-ring (bicyclic) bond motifs is 1. The summed E-state index contributed by atoms with van der Waals surface area (Å²) in [7, 11) is 1.65. The number of halogens is 1. The first-order chi connectivity index (χ1) is 9.70. The van der Waals surface area contributed by atoms with E-state index in [4.69, 9.17) is 10.5 Å². The molecular weight excluding hydrogens is 318 g/mol.